The van der Waals surface area contributed by atoms with Crippen LogP contribution in [-0.4, -0.2) is 15.0 Å². The lowest BCUT2D eigenvalue weighted by Gasteiger charge is -2.03. The molecule has 17 heavy (non-hydrogen) atoms. The van der Waals surface area contributed by atoms with Crippen molar-refractivity contribution in [3.63, 3.8) is 0 Å². The molecule has 0 saturated heterocycles. The second kappa shape index (κ2) is 3.67. The predicted molar refractivity (Wildman–Crippen MR) is 61.0 cm³/mol. The number of nitrogens with two attached hydrogens (primary N) is 1. The van der Waals surface area contributed by atoms with Gasteiger partial charge in [0.15, 0.2) is 0 Å². The molecule has 6 heteroatoms. The minimum atomic E-state index is -0.496. The highest BCUT2D eigenvalue weighted by molar-refractivity contribution is 5.58. The number of aromatic amines is 1. The summed E-state index contributed by atoms with van der Waals surface area (Å²) in [6.45, 7) is 1.23. The fourth-order valence-electron chi connectivity index (χ4n) is 1.86. The van der Waals surface area contributed by atoms with Crippen molar-refractivity contribution in [1.82, 2.24) is 15.0 Å². The van der Waals surface area contributed by atoms with Crippen molar-refractivity contribution in [3.8, 4) is 11.4 Å². The molecule has 0 atom stereocenters. The van der Waals surface area contributed by atoms with E-state index in [9.17, 15) is 4.79 Å². The van der Waals surface area contributed by atoms with Crippen LogP contribution in [0.1, 0.15) is 11.1 Å². The van der Waals surface area contributed by atoms with Crippen molar-refractivity contribution in [2.24, 2.45) is 0 Å². The maximum Gasteiger partial charge on any atom is 0.349 e. The number of fused-ring (bicyclic) bond motifs is 1. The number of benzene rings is 1. The van der Waals surface area contributed by atoms with Gasteiger partial charge in [-0.3, -0.25) is 4.98 Å². The number of hydrogen-bond donors (Lipinski definition) is 2. The third-order valence-corrected chi connectivity index (χ3v) is 2.66. The molecule has 2 heterocycles. The number of ether oxygens (including phenoxy) is 1. The third-order valence-electron chi connectivity index (χ3n) is 2.66. The smallest absolute Gasteiger partial charge is 0.349 e. The molecule has 1 aliphatic heterocycles. The van der Waals surface area contributed by atoms with E-state index in [2.05, 4.69) is 15.0 Å². The molecule has 1 aromatic heterocycles. The van der Waals surface area contributed by atoms with Crippen molar-refractivity contribution in [2.45, 2.75) is 13.2 Å². The lowest BCUT2D eigenvalue weighted by Crippen LogP contribution is -2.15. The lowest BCUT2D eigenvalue weighted by atomic mass is 10.1. The minimum absolute atomic E-state index is 0.0273. The molecule has 0 saturated carbocycles. The molecule has 0 spiro atoms. The van der Waals surface area contributed by atoms with E-state index >= 15 is 0 Å². The summed E-state index contributed by atoms with van der Waals surface area (Å²) < 4.78 is 5.32. The highest BCUT2D eigenvalue weighted by atomic mass is 16.5. The number of H-pyrrole nitrogens is 1. The average molecular weight is 230 g/mol. The van der Waals surface area contributed by atoms with E-state index in [1.807, 2.05) is 18.2 Å². The zero-order valence-corrected chi connectivity index (χ0v) is 8.93. The van der Waals surface area contributed by atoms with Crippen LogP contribution in [0.4, 0.5) is 5.95 Å². The zero-order valence-electron chi connectivity index (χ0n) is 8.93. The van der Waals surface area contributed by atoms with Crippen LogP contribution in [0.15, 0.2) is 23.0 Å². The molecule has 1 aliphatic rings. The summed E-state index contributed by atoms with van der Waals surface area (Å²) in [7, 11) is 0. The van der Waals surface area contributed by atoms with E-state index in [4.69, 9.17) is 10.5 Å². The van der Waals surface area contributed by atoms with Crippen molar-refractivity contribution < 1.29 is 4.74 Å². The van der Waals surface area contributed by atoms with Crippen molar-refractivity contribution in [2.75, 3.05) is 5.73 Å². The van der Waals surface area contributed by atoms with Gasteiger partial charge in [0.1, 0.15) is 5.82 Å². The fourth-order valence-corrected chi connectivity index (χ4v) is 1.86. The monoisotopic (exact) mass is 230 g/mol. The average Bonchev–Trinajstić information content (AvgIpc) is 2.74. The zero-order chi connectivity index (χ0) is 11.8. The van der Waals surface area contributed by atoms with Gasteiger partial charge >= 0.3 is 5.69 Å². The lowest BCUT2D eigenvalue weighted by molar-refractivity contribution is 0.134. The molecular formula is C11H10N4O2. The van der Waals surface area contributed by atoms with Crippen LogP contribution in [0.3, 0.4) is 0 Å². The Balaban J connectivity index is 2.12. The second-order valence-corrected chi connectivity index (χ2v) is 3.84. The largest absolute Gasteiger partial charge is 0.372 e. The molecule has 0 aliphatic carbocycles. The van der Waals surface area contributed by atoms with E-state index in [0.29, 0.717) is 19.0 Å². The first kappa shape index (κ1) is 9.98. The van der Waals surface area contributed by atoms with Crippen LogP contribution in [0.5, 0.6) is 0 Å². The Morgan fingerprint density at radius 1 is 1.24 bits per heavy atom. The number of aromatic nitrogens is 3. The van der Waals surface area contributed by atoms with Gasteiger partial charge in [-0.15, -0.1) is 0 Å². The highest BCUT2D eigenvalue weighted by Crippen LogP contribution is 2.24. The number of rotatable bonds is 1. The first-order chi connectivity index (χ1) is 8.22. The molecular weight excluding hydrogens is 220 g/mol. The normalized spacial score (nSPS) is 13.6. The summed E-state index contributed by atoms with van der Waals surface area (Å²) in [5, 5.41) is 0. The fraction of sp³-hybridized carbons (Fsp3) is 0.182. The second-order valence-electron chi connectivity index (χ2n) is 3.84. The van der Waals surface area contributed by atoms with Crippen LogP contribution < -0.4 is 11.4 Å². The Morgan fingerprint density at radius 3 is 2.88 bits per heavy atom. The summed E-state index contributed by atoms with van der Waals surface area (Å²) in [4.78, 5) is 21.2. The van der Waals surface area contributed by atoms with E-state index in [1.165, 1.54) is 0 Å². The van der Waals surface area contributed by atoms with Gasteiger partial charge in [0, 0.05) is 5.56 Å². The van der Waals surface area contributed by atoms with E-state index in [0.717, 1.165) is 16.7 Å². The number of hydrogen-bond acceptors (Lipinski definition) is 5. The van der Waals surface area contributed by atoms with Gasteiger partial charge in [-0.25, -0.2) is 4.79 Å². The summed E-state index contributed by atoms with van der Waals surface area (Å²) in [5.74, 6) is 0.401. The standard InChI is InChI=1S/C11H10N4O2/c12-10-13-9(14-11(16)15-10)6-1-2-7-4-17-5-8(7)3-6/h1-3H,4-5H2,(H3,12,13,14,15,16). The Hall–Kier alpha value is -2.21. The number of nitrogen functional groups attached to an aromatic ring is 1. The topological polar surface area (TPSA) is 93.9 Å². The van der Waals surface area contributed by atoms with Gasteiger partial charge in [-0.05, 0) is 17.2 Å². The highest BCUT2D eigenvalue weighted by Gasteiger charge is 2.13. The molecule has 6 nitrogen and oxygen atoms in total. The molecule has 0 bridgehead atoms. The van der Waals surface area contributed by atoms with Crippen molar-refractivity contribution in [1.29, 1.82) is 0 Å². The molecule has 3 rings (SSSR count). The van der Waals surface area contributed by atoms with Crippen molar-refractivity contribution in [3.05, 3.63) is 39.8 Å². The summed E-state index contributed by atoms with van der Waals surface area (Å²) in [6, 6.07) is 5.79. The molecule has 3 N–H and O–H groups in total. The predicted octanol–water partition coefficient (Wildman–Crippen LogP) is 0.444. The van der Waals surface area contributed by atoms with Crippen LogP contribution >= 0.6 is 0 Å². The molecule has 0 unspecified atom stereocenters. The Bertz CT molecular complexity index is 636. The van der Waals surface area contributed by atoms with E-state index in [-0.39, 0.29) is 5.95 Å². The van der Waals surface area contributed by atoms with Crippen molar-refractivity contribution >= 4 is 5.95 Å². The summed E-state index contributed by atoms with van der Waals surface area (Å²) in [5.41, 5.74) is 8.03. The van der Waals surface area contributed by atoms with Crippen LogP contribution in [0, 0.1) is 0 Å². The van der Waals surface area contributed by atoms with Gasteiger partial charge in [0.2, 0.25) is 5.95 Å². The molecule has 2 aromatic rings. The minimum Gasteiger partial charge on any atom is -0.372 e. The first-order valence-corrected chi connectivity index (χ1v) is 5.16. The SMILES string of the molecule is Nc1nc(-c2ccc3c(c2)COC3)[nH]c(=O)n1. The van der Waals surface area contributed by atoms with Gasteiger partial charge < -0.3 is 10.5 Å². The number of anilines is 1. The molecule has 0 fully saturated rings. The Kier molecular flexibility index (Phi) is 2.15. The molecule has 1 aromatic carbocycles. The Labute approximate surface area is 96.5 Å². The molecule has 86 valence electrons. The number of nitrogens with zero attached hydrogens (tertiary/aromatic N) is 2. The quantitative estimate of drug-likeness (QED) is 0.741. The van der Waals surface area contributed by atoms with Crippen LogP contribution in [0.25, 0.3) is 11.4 Å². The maximum absolute atomic E-state index is 11.2. The number of nitrogens with one attached hydrogen (secondary N) is 1. The molecule has 0 radical (unpaired) electrons. The van der Waals surface area contributed by atoms with Gasteiger partial charge in [0.25, 0.3) is 0 Å². The third kappa shape index (κ3) is 1.78. The van der Waals surface area contributed by atoms with Gasteiger partial charge in [-0.1, -0.05) is 12.1 Å². The molecule has 0 amide bonds. The Morgan fingerprint density at radius 2 is 2.06 bits per heavy atom. The van der Waals surface area contributed by atoms with Gasteiger partial charge in [0.05, 0.1) is 13.2 Å². The van der Waals surface area contributed by atoms with E-state index < -0.39 is 5.69 Å². The van der Waals surface area contributed by atoms with Crippen LogP contribution in [-0.2, 0) is 18.0 Å². The maximum atomic E-state index is 11.2. The van der Waals surface area contributed by atoms with E-state index in [1.54, 1.807) is 0 Å². The first-order valence-electron chi connectivity index (χ1n) is 5.16. The summed E-state index contributed by atoms with van der Waals surface area (Å²) >= 11 is 0. The van der Waals surface area contributed by atoms with Gasteiger partial charge in [-0.2, -0.15) is 9.97 Å². The summed E-state index contributed by atoms with van der Waals surface area (Å²) in [6.07, 6.45) is 0. The van der Waals surface area contributed by atoms with Crippen LogP contribution in [0.2, 0.25) is 0 Å².